The normalized spacial score (nSPS) is 16.4. The van der Waals surface area contributed by atoms with E-state index < -0.39 is 5.97 Å². The Morgan fingerprint density at radius 3 is 2.40 bits per heavy atom. The fourth-order valence-corrected chi connectivity index (χ4v) is 5.53. The van der Waals surface area contributed by atoms with E-state index in [1.807, 2.05) is 55.5 Å². The number of aliphatic hydroxyl groups is 1. The lowest BCUT2D eigenvalue weighted by Gasteiger charge is -2.31. The van der Waals surface area contributed by atoms with Crippen LogP contribution in [0.25, 0.3) is 11.3 Å². The van der Waals surface area contributed by atoms with Crippen LogP contribution in [0, 0.1) is 12.8 Å². The van der Waals surface area contributed by atoms with Gasteiger partial charge in [0.1, 0.15) is 0 Å². The zero-order chi connectivity index (χ0) is 29.6. The first kappa shape index (κ1) is 29.0. The van der Waals surface area contributed by atoms with Crippen LogP contribution in [0.4, 0.5) is 11.4 Å². The number of carbonyl (C=O) groups excluding carboxylic acids is 3. The first-order valence-electron chi connectivity index (χ1n) is 14.2. The van der Waals surface area contributed by atoms with Crippen molar-refractivity contribution in [3.63, 3.8) is 0 Å². The molecule has 218 valence electrons. The molecule has 0 bridgehead atoms. The van der Waals surface area contributed by atoms with Crippen LogP contribution in [0.2, 0.25) is 0 Å². The van der Waals surface area contributed by atoms with Gasteiger partial charge in [0.15, 0.2) is 0 Å². The third-order valence-electron chi connectivity index (χ3n) is 7.92. The van der Waals surface area contributed by atoms with Crippen molar-refractivity contribution in [3.05, 3.63) is 94.5 Å². The predicted octanol–water partition coefficient (Wildman–Crippen LogP) is 4.15. The minimum Gasteiger partial charge on any atom is -0.465 e. The molecule has 1 saturated heterocycles. The number of nitrogens with zero attached hydrogens (tertiary/aromatic N) is 1. The van der Waals surface area contributed by atoms with Gasteiger partial charge in [-0.25, -0.2) is 4.79 Å². The number of fused-ring (bicyclic) bond motifs is 1. The monoisotopic (exact) mass is 568 g/mol. The zero-order valence-electron chi connectivity index (χ0n) is 23.9. The number of β-amino-alcohol motifs (C(OH)–C–C–N with tert-alkyl or cyclic N) is 1. The highest BCUT2D eigenvalue weighted by molar-refractivity contribution is 6.37. The molecule has 1 fully saturated rings. The second kappa shape index (κ2) is 13.0. The SMILES string of the molecule is COC(=O)c1cc2c(cc1C)C(=C(Nc1ccc(C(=O)NCC3CCN(CCO)CC3)cc1)c1ccccc1)C(=O)N2. The molecule has 3 aromatic rings. The molecule has 42 heavy (non-hydrogen) atoms. The first-order valence-corrected chi connectivity index (χ1v) is 14.2. The van der Waals surface area contributed by atoms with Crippen LogP contribution in [-0.4, -0.2) is 67.7 Å². The molecule has 0 unspecified atom stereocenters. The number of rotatable bonds is 9. The van der Waals surface area contributed by atoms with Gasteiger partial charge >= 0.3 is 5.97 Å². The Labute approximate surface area is 245 Å². The summed E-state index contributed by atoms with van der Waals surface area (Å²) in [5.41, 5.74) is 5.50. The number of benzene rings is 3. The van der Waals surface area contributed by atoms with E-state index in [-0.39, 0.29) is 18.4 Å². The average molecular weight is 569 g/mol. The van der Waals surface area contributed by atoms with Crippen LogP contribution in [0.5, 0.6) is 0 Å². The lowest BCUT2D eigenvalue weighted by atomic mass is 9.96. The van der Waals surface area contributed by atoms with Crippen molar-refractivity contribution < 1.29 is 24.2 Å². The number of aryl methyl sites for hydroxylation is 1. The van der Waals surface area contributed by atoms with Crippen LogP contribution in [0.3, 0.4) is 0 Å². The maximum atomic E-state index is 13.3. The largest absolute Gasteiger partial charge is 0.465 e. The van der Waals surface area contributed by atoms with Gasteiger partial charge in [-0.15, -0.1) is 0 Å². The molecule has 0 aliphatic carbocycles. The number of hydrogen-bond acceptors (Lipinski definition) is 7. The standard InChI is InChI=1S/C33H36N4O5/c1-21-18-27-28(19-26(21)33(41)42-2)36-32(40)29(27)30(23-6-4-3-5-7-23)35-25-10-8-24(9-11-25)31(39)34-20-22-12-14-37(15-13-22)16-17-38/h3-11,18-19,22,35,38H,12-17,20H2,1-2H3,(H,34,39)(H,36,40). The number of aliphatic hydroxyl groups excluding tert-OH is 1. The molecule has 2 aliphatic rings. The Morgan fingerprint density at radius 1 is 1.02 bits per heavy atom. The van der Waals surface area contributed by atoms with Gasteiger partial charge in [0.25, 0.3) is 11.8 Å². The van der Waals surface area contributed by atoms with Gasteiger partial charge in [0, 0.05) is 29.9 Å². The highest BCUT2D eigenvalue weighted by atomic mass is 16.5. The van der Waals surface area contributed by atoms with Gasteiger partial charge < -0.3 is 30.7 Å². The van der Waals surface area contributed by atoms with Crippen molar-refractivity contribution in [1.82, 2.24) is 10.2 Å². The summed E-state index contributed by atoms with van der Waals surface area (Å²) in [6.07, 6.45) is 2.00. The lowest BCUT2D eigenvalue weighted by molar-refractivity contribution is -0.110. The summed E-state index contributed by atoms with van der Waals surface area (Å²) in [7, 11) is 1.33. The molecule has 9 nitrogen and oxygen atoms in total. The Hall–Kier alpha value is -4.47. The van der Waals surface area contributed by atoms with Crippen molar-refractivity contribution in [2.45, 2.75) is 19.8 Å². The molecule has 0 saturated carbocycles. The lowest BCUT2D eigenvalue weighted by Crippen LogP contribution is -2.39. The van der Waals surface area contributed by atoms with Gasteiger partial charge in [-0.1, -0.05) is 30.3 Å². The second-order valence-corrected chi connectivity index (χ2v) is 10.7. The van der Waals surface area contributed by atoms with Crippen LogP contribution < -0.4 is 16.0 Å². The summed E-state index contributed by atoms with van der Waals surface area (Å²) < 4.78 is 4.90. The van der Waals surface area contributed by atoms with Gasteiger partial charge in [0.2, 0.25) is 0 Å². The Bertz CT molecular complexity index is 1490. The minimum absolute atomic E-state index is 0.123. The highest BCUT2D eigenvalue weighted by Crippen LogP contribution is 2.39. The molecule has 3 aromatic carbocycles. The van der Waals surface area contributed by atoms with Gasteiger partial charge in [-0.2, -0.15) is 0 Å². The number of carbonyl (C=O) groups is 3. The Kier molecular flexibility index (Phi) is 9.00. The molecule has 0 aromatic heterocycles. The maximum absolute atomic E-state index is 13.3. The van der Waals surface area contributed by atoms with Crippen LogP contribution in [0.15, 0.2) is 66.7 Å². The minimum atomic E-state index is -0.462. The maximum Gasteiger partial charge on any atom is 0.338 e. The third-order valence-corrected chi connectivity index (χ3v) is 7.92. The number of ether oxygens (including phenoxy) is 1. The Balaban J connectivity index is 1.35. The fourth-order valence-electron chi connectivity index (χ4n) is 5.53. The molecule has 2 aliphatic heterocycles. The fraction of sp³-hybridized carbons (Fsp3) is 0.303. The van der Waals surface area contributed by atoms with E-state index >= 15 is 0 Å². The Morgan fingerprint density at radius 2 is 1.74 bits per heavy atom. The van der Waals surface area contributed by atoms with E-state index in [0.29, 0.717) is 58.2 Å². The van der Waals surface area contributed by atoms with Crippen molar-refractivity contribution in [2.75, 3.05) is 50.5 Å². The topological polar surface area (TPSA) is 120 Å². The summed E-state index contributed by atoms with van der Waals surface area (Å²) in [6.45, 7) is 5.20. The zero-order valence-corrected chi connectivity index (χ0v) is 23.9. The molecule has 0 radical (unpaired) electrons. The molecule has 5 rings (SSSR count). The second-order valence-electron chi connectivity index (χ2n) is 10.7. The number of nitrogens with one attached hydrogen (secondary N) is 3. The first-order chi connectivity index (χ1) is 20.4. The quantitative estimate of drug-likeness (QED) is 0.226. The molecule has 2 heterocycles. The predicted molar refractivity (Wildman–Crippen MR) is 163 cm³/mol. The molecule has 9 heteroatoms. The van der Waals surface area contributed by atoms with E-state index in [9.17, 15) is 14.4 Å². The van der Waals surface area contributed by atoms with E-state index in [4.69, 9.17) is 9.84 Å². The number of methoxy groups -OCH3 is 1. The van der Waals surface area contributed by atoms with Crippen molar-refractivity contribution in [3.8, 4) is 0 Å². The van der Waals surface area contributed by atoms with E-state index in [1.54, 1.807) is 18.2 Å². The number of hydrogen-bond donors (Lipinski definition) is 4. The number of likely N-dealkylation sites (tertiary alicyclic amines) is 1. The summed E-state index contributed by atoms with van der Waals surface area (Å²) in [5, 5.41) is 18.5. The average Bonchev–Trinajstić information content (AvgIpc) is 3.33. The number of amides is 2. The number of esters is 1. The van der Waals surface area contributed by atoms with Gasteiger partial charge in [-0.3, -0.25) is 9.59 Å². The molecule has 0 atom stereocenters. The van der Waals surface area contributed by atoms with Crippen molar-refractivity contribution in [1.29, 1.82) is 0 Å². The molecule has 4 N–H and O–H groups in total. The highest BCUT2D eigenvalue weighted by Gasteiger charge is 2.30. The summed E-state index contributed by atoms with van der Waals surface area (Å²) in [5.74, 6) is -0.438. The van der Waals surface area contributed by atoms with E-state index in [2.05, 4.69) is 20.9 Å². The van der Waals surface area contributed by atoms with Crippen LogP contribution in [-0.2, 0) is 9.53 Å². The van der Waals surface area contributed by atoms with Crippen LogP contribution >= 0.6 is 0 Å². The molecular formula is C33H36N4O5. The molecular weight excluding hydrogens is 532 g/mol. The summed E-state index contributed by atoms with van der Waals surface area (Å²) >= 11 is 0. The summed E-state index contributed by atoms with van der Waals surface area (Å²) in [6, 6.07) is 20.2. The number of anilines is 2. The van der Waals surface area contributed by atoms with E-state index in [0.717, 1.165) is 37.2 Å². The van der Waals surface area contributed by atoms with Crippen molar-refractivity contribution >= 4 is 40.4 Å². The van der Waals surface area contributed by atoms with Crippen molar-refractivity contribution in [2.24, 2.45) is 5.92 Å². The molecule has 2 amide bonds. The number of piperidine rings is 1. The van der Waals surface area contributed by atoms with Gasteiger partial charge in [-0.05, 0) is 86.3 Å². The van der Waals surface area contributed by atoms with Gasteiger partial charge in [0.05, 0.1) is 36.2 Å². The van der Waals surface area contributed by atoms with Crippen LogP contribution in [0.1, 0.15) is 50.2 Å². The smallest absolute Gasteiger partial charge is 0.338 e. The molecule has 0 spiro atoms. The summed E-state index contributed by atoms with van der Waals surface area (Å²) in [4.78, 5) is 40.6. The third kappa shape index (κ3) is 6.37. The van der Waals surface area contributed by atoms with E-state index in [1.165, 1.54) is 7.11 Å².